The molecule has 0 amide bonds. The van der Waals surface area contributed by atoms with E-state index in [-0.39, 0.29) is 12.4 Å². The van der Waals surface area contributed by atoms with Crippen molar-refractivity contribution in [1.29, 1.82) is 0 Å². The summed E-state index contributed by atoms with van der Waals surface area (Å²) in [6.07, 6.45) is 0.335. The number of phenolic OH excluding ortho intramolecular Hbond substituents is 1. The van der Waals surface area contributed by atoms with Crippen LogP contribution < -0.4 is 4.74 Å². The van der Waals surface area contributed by atoms with Crippen LogP contribution in [0.5, 0.6) is 11.5 Å². The van der Waals surface area contributed by atoms with Crippen molar-refractivity contribution in [1.82, 2.24) is 4.90 Å². The Morgan fingerprint density at radius 2 is 1.42 bits per heavy atom. The second-order valence-electron chi connectivity index (χ2n) is 7.87. The van der Waals surface area contributed by atoms with Gasteiger partial charge in [0, 0.05) is 6.54 Å². The van der Waals surface area contributed by atoms with Crippen molar-refractivity contribution in [3.05, 3.63) is 95.6 Å². The number of likely N-dealkylation sites (N-methyl/N-ethyl adjacent to an activating group) is 1. The third-order valence-electron chi connectivity index (χ3n) is 5.09. The van der Waals surface area contributed by atoms with Crippen molar-refractivity contribution < 1.29 is 14.9 Å². The first-order valence-electron chi connectivity index (χ1n) is 10.6. The maximum absolute atomic E-state index is 10.0. The highest BCUT2D eigenvalue weighted by Crippen LogP contribution is 2.35. The highest BCUT2D eigenvalue weighted by atomic mass is 16.5. The summed E-state index contributed by atoms with van der Waals surface area (Å²) in [4.78, 5) is 1.93. The molecular weight excluding hydrogens is 386 g/mol. The average molecular weight is 418 g/mol. The van der Waals surface area contributed by atoms with Crippen LogP contribution in [0.25, 0.3) is 11.1 Å². The summed E-state index contributed by atoms with van der Waals surface area (Å²) in [5, 5.41) is 19.8. The van der Waals surface area contributed by atoms with Gasteiger partial charge < -0.3 is 19.8 Å². The lowest BCUT2D eigenvalue weighted by atomic mass is 9.88. The molecule has 0 radical (unpaired) electrons. The summed E-state index contributed by atoms with van der Waals surface area (Å²) < 4.78 is 5.77. The van der Waals surface area contributed by atoms with Crippen LogP contribution in [0.4, 0.5) is 0 Å². The minimum Gasteiger partial charge on any atom is -0.508 e. The quantitative estimate of drug-likeness (QED) is 0.478. The van der Waals surface area contributed by atoms with E-state index in [0.29, 0.717) is 6.54 Å². The zero-order valence-electron chi connectivity index (χ0n) is 18.5. The second kappa shape index (κ2) is 10.8. The molecule has 1 unspecified atom stereocenters. The normalized spacial score (nSPS) is 13.1. The Bertz CT molecular complexity index is 977. The van der Waals surface area contributed by atoms with Crippen molar-refractivity contribution in [2.45, 2.75) is 19.4 Å². The topological polar surface area (TPSA) is 52.9 Å². The Morgan fingerprint density at radius 1 is 0.839 bits per heavy atom. The highest BCUT2D eigenvalue weighted by molar-refractivity contribution is 5.98. The lowest BCUT2D eigenvalue weighted by Crippen LogP contribution is -2.30. The minimum atomic E-state index is -0.535. The first-order valence-corrected chi connectivity index (χ1v) is 10.6. The van der Waals surface area contributed by atoms with Gasteiger partial charge in [0.05, 0.1) is 0 Å². The molecule has 31 heavy (non-hydrogen) atoms. The van der Waals surface area contributed by atoms with E-state index in [9.17, 15) is 10.2 Å². The molecule has 0 saturated carbocycles. The van der Waals surface area contributed by atoms with Crippen molar-refractivity contribution in [2.24, 2.45) is 0 Å². The summed E-state index contributed by atoms with van der Waals surface area (Å²) in [6, 6.07) is 25.7. The molecular formula is C27H31NO3. The Kier molecular flexibility index (Phi) is 7.88. The monoisotopic (exact) mass is 417 g/mol. The molecule has 0 bridgehead atoms. The molecule has 0 aliphatic carbocycles. The lowest BCUT2D eigenvalue weighted by molar-refractivity contribution is 0.0831. The SMILES string of the molecule is CC/C(=C(\c1ccc(O)cc1)c1ccc(OCC(O)CN(C)C)cc1)c1ccccc1. The number of aliphatic hydroxyl groups is 1. The first kappa shape index (κ1) is 22.6. The number of aliphatic hydroxyl groups excluding tert-OH is 1. The van der Waals surface area contributed by atoms with Gasteiger partial charge in [-0.1, -0.05) is 61.5 Å². The molecule has 3 rings (SSSR count). The molecule has 0 saturated heterocycles. The Hall–Kier alpha value is -3.08. The number of benzene rings is 3. The molecule has 0 aliphatic rings. The number of aromatic hydroxyl groups is 1. The van der Waals surface area contributed by atoms with Crippen LogP contribution in [0.3, 0.4) is 0 Å². The van der Waals surface area contributed by atoms with E-state index >= 15 is 0 Å². The lowest BCUT2D eigenvalue weighted by Gasteiger charge is -2.18. The fourth-order valence-corrected chi connectivity index (χ4v) is 3.69. The molecule has 3 aromatic rings. The Balaban J connectivity index is 1.95. The van der Waals surface area contributed by atoms with Crippen molar-refractivity contribution >= 4 is 11.1 Å². The number of hydrogen-bond donors (Lipinski definition) is 2. The number of hydrogen-bond acceptors (Lipinski definition) is 4. The molecule has 0 spiro atoms. The maximum Gasteiger partial charge on any atom is 0.119 e. The van der Waals surface area contributed by atoms with Crippen LogP contribution in [0.2, 0.25) is 0 Å². The van der Waals surface area contributed by atoms with Crippen molar-refractivity contribution in [2.75, 3.05) is 27.2 Å². The fourth-order valence-electron chi connectivity index (χ4n) is 3.69. The van der Waals surface area contributed by atoms with Crippen molar-refractivity contribution in [3.8, 4) is 11.5 Å². The molecule has 3 aromatic carbocycles. The Morgan fingerprint density at radius 3 is 1.97 bits per heavy atom. The van der Waals surface area contributed by atoms with Gasteiger partial charge in [-0.25, -0.2) is 0 Å². The third-order valence-corrected chi connectivity index (χ3v) is 5.09. The molecule has 0 aliphatic heterocycles. The standard InChI is InChI=1S/C27H31NO3/c1-4-26(20-8-6-5-7-9-20)27(21-10-14-23(29)15-11-21)22-12-16-25(17-13-22)31-19-24(30)18-28(2)3/h5-17,24,29-30H,4,18-19H2,1-3H3/b27-26-. The van der Waals surface area contributed by atoms with Crippen LogP contribution in [0.1, 0.15) is 30.0 Å². The summed E-state index contributed by atoms with van der Waals surface area (Å²) in [5.41, 5.74) is 5.68. The van der Waals surface area contributed by atoms with Gasteiger partial charge in [0.25, 0.3) is 0 Å². The van der Waals surface area contributed by atoms with Crippen molar-refractivity contribution in [3.63, 3.8) is 0 Å². The van der Waals surface area contributed by atoms with Crippen LogP contribution in [0.15, 0.2) is 78.9 Å². The predicted octanol–water partition coefficient (Wildman–Crippen LogP) is 5.06. The zero-order chi connectivity index (χ0) is 22.2. The van der Waals surface area contributed by atoms with Gasteiger partial charge >= 0.3 is 0 Å². The van der Waals surface area contributed by atoms with Crippen LogP contribution in [0, 0.1) is 0 Å². The van der Waals surface area contributed by atoms with E-state index in [0.717, 1.165) is 28.9 Å². The number of rotatable bonds is 9. The molecule has 0 heterocycles. The van der Waals surface area contributed by atoms with E-state index in [1.165, 1.54) is 11.1 Å². The molecule has 4 heteroatoms. The van der Waals surface area contributed by atoms with Gasteiger partial charge in [0.15, 0.2) is 0 Å². The second-order valence-corrected chi connectivity index (χ2v) is 7.87. The van der Waals surface area contributed by atoms with Crippen LogP contribution in [-0.2, 0) is 0 Å². The third kappa shape index (κ3) is 6.20. The summed E-state index contributed by atoms with van der Waals surface area (Å²) >= 11 is 0. The van der Waals surface area contributed by atoms with E-state index < -0.39 is 6.10 Å². The summed E-state index contributed by atoms with van der Waals surface area (Å²) in [5.74, 6) is 0.977. The minimum absolute atomic E-state index is 0.251. The van der Waals surface area contributed by atoms with E-state index in [1.807, 2.05) is 49.3 Å². The van der Waals surface area contributed by atoms with E-state index in [2.05, 4.69) is 43.3 Å². The highest BCUT2D eigenvalue weighted by Gasteiger charge is 2.14. The predicted molar refractivity (Wildman–Crippen MR) is 127 cm³/mol. The van der Waals surface area contributed by atoms with Crippen LogP contribution in [-0.4, -0.2) is 48.5 Å². The zero-order valence-corrected chi connectivity index (χ0v) is 18.5. The average Bonchev–Trinajstić information content (AvgIpc) is 2.77. The molecule has 162 valence electrons. The van der Waals surface area contributed by atoms with Gasteiger partial charge in [-0.05, 0) is 72.6 Å². The number of phenols is 1. The maximum atomic E-state index is 10.0. The molecule has 0 aromatic heterocycles. The molecule has 1 atom stereocenters. The fraction of sp³-hybridized carbons (Fsp3) is 0.259. The van der Waals surface area contributed by atoms with Crippen LogP contribution >= 0.6 is 0 Å². The van der Waals surface area contributed by atoms with E-state index in [1.54, 1.807) is 12.1 Å². The van der Waals surface area contributed by atoms with Gasteiger partial charge in [0.1, 0.15) is 24.2 Å². The number of allylic oxidation sites excluding steroid dienone is 1. The summed E-state index contributed by atoms with van der Waals surface area (Å²) in [7, 11) is 3.85. The Labute approximate surface area is 185 Å². The van der Waals surface area contributed by atoms with E-state index in [4.69, 9.17) is 4.74 Å². The van der Waals surface area contributed by atoms with Gasteiger partial charge in [-0.3, -0.25) is 0 Å². The summed E-state index contributed by atoms with van der Waals surface area (Å²) in [6.45, 7) is 2.97. The number of ether oxygens (including phenoxy) is 1. The first-order chi connectivity index (χ1) is 15.0. The van der Waals surface area contributed by atoms with Gasteiger partial charge in [-0.2, -0.15) is 0 Å². The molecule has 0 fully saturated rings. The smallest absolute Gasteiger partial charge is 0.119 e. The number of nitrogens with zero attached hydrogens (tertiary/aromatic N) is 1. The molecule has 4 nitrogen and oxygen atoms in total. The molecule has 2 N–H and O–H groups in total. The van der Waals surface area contributed by atoms with Gasteiger partial charge in [0.2, 0.25) is 0 Å². The van der Waals surface area contributed by atoms with Gasteiger partial charge in [-0.15, -0.1) is 0 Å². The largest absolute Gasteiger partial charge is 0.508 e.